The molecule has 1 aromatic carbocycles. The highest BCUT2D eigenvalue weighted by molar-refractivity contribution is 5.26. The van der Waals surface area contributed by atoms with E-state index in [1.807, 2.05) is 0 Å². The Morgan fingerprint density at radius 2 is 1.84 bits per heavy atom. The summed E-state index contributed by atoms with van der Waals surface area (Å²) in [7, 11) is 0. The Balaban J connectivity index is 1.74. The Morgan fingerprint density at radius 3 is 2.32 bits per heavy atom. The molecular formula is C15H17F3O. The molecule has 2 saturated carbocycles. The summed E-state index contributed by atoms with van der Waals surface area (Å²) in [6, 6.07) is 5.19. The van der Waals surface area contributed by atoms with E-state index in [0.717, 1.165) is 37.0 Å². The third kappa shape index (κ3) is 2.38. The van der Waals surface area contributed by atoms with E-state index in [1.54, 1.807) is 0 Å². The van der Waals surface area contributed by atoms with Crippen LogP contribution in [-0.4, -0.2) is 10.7 Å². The molecule has 3 atom stereocenters. The fraction of sp³-hybridized carbons (Fsp3) is 0.600. The molecular weight excluding hydrogens is 253 g/mol. The summed E-state index contributed by atoms with van der Waals surface area (Å²) in [5.41, 5.74) is -0.526. The van der Waals surface area contributed by atoms with Crippen molar-refractivity contribution in [3.63, 3.8) is 0 Å². The molecule has 3 rings (SSSR count). The maximum Gasteiger partial charge on any atom is 0.416 e. The van der Waals surface area contributed by atoms with Crippen molar-refractivity contribution in [3.05, 3.63) is 35.4 Å². The van der Waals surface area contributed by atoms with Crippen LogP contribution in [0.25, 0.3) is 0 Å². The molecule has 0 radical (unpaired) electrons. The molecule has 4 heteroatoms. The monoisotopic (exact) mass is 270 g/mol. The standard InChI is InChI=1S/C15H17F3O/c16-15(17,18)12-4-1-10(2-5-12)8-14(19)9-11-3-6-13(14)7-11/h1-2,4-5,11,13,19H,3,6-9H2. The summed E-state index contributed by atoms with van der Waals surface area (Å²) < 4.78 is 37.4. The van der Waals surface area contributed by atoms with Crippen molar-refractivity contribution in [1.29, 1.82) is 0 Å². The number of fused-ring (bicyclic) bond motifs is 2. The summed E-state index contributed by atoms with van der Waals surface area (Å²) >= 11 is 0. The van der Waals surface area contributed by atoms with Gasteiger partial charge in [0, 0.05) is 6.42 Å². The molecule has 104 valence electrons. The molecule has 1 N–H and O–H groups in total. The average Bonchev–Trinajstić information content (AvgIpc) is 2.88. The van der Waals surface area contributed by atoms with E-state index < -0.39 is 17.3 Å². The first-order valence-corrected chi connectivity index (χ1v) is 6.75. The zero-order valence-corrected chi connectivity index (χ0v) is 10.6. The van der Waals surface area contributed by atoms with E-state index in [1.165, 1.54) is 18.6 Å². The molecule has 0 spiro atoms. The summed E-state index contributed by atoms with van der Waals surface area (Å²) in [6.07, 6.45) is 0.325. The van der Waals surface area contributed by atoms with Crippen molar-refractivity contribution in [2.24, 2.45) is 11.8 Å². The summed E-state index contributed by atoms with van der Waals surface area (Å²) in [5, 5.41) is 10.6. The van der Waals surface area contributed by atoms with Crippen LogP contribution in [0.15, 0.2) is 24.3 Å². The van der Waals surface area contributed by atoms with E-state index in [2.05, 4.69) is 0 Å². The van der Waals surface area contributed by atoms with E-state index in [4.69, 9.17) is 0 Å². The quantitative estimate of drug-likeness (QED) is 0.866. The zero-order chi connectivity index (χ0) is 13.7. The van der Waals surface area contributed by atoms with Gasteiger partial charge < -0.3 is 5.11 Å². The molecule has 2 aliphatic carbocycles. The van der Waals surface area contributed by atoms with Crippen LogP contribution in [0.5, 0.6) is 0 Å². The third-order valence-electron chi connectivity index (χ3n) is 4.73. The lowest BCUT2D eigenvalue weighted by Crippen LogP contribution is -2.37. The molecule has 19 heavy (non-hydrogen) atoms. The number of halogens is 3. The van der Waals surface area contributed by atoms with Gasteiger partial charge >= 0.3 is 6.18 Å². The fourth-order valence-electron chi connectivity index (χ4n) is 3.80. The summed E-state index contributed by atoms with van der Waals surface area (Å²) in [5.74, 6) is 0.948. The number of hydrogen-bond acceptors (Lipinski definition) is 1. The molecule has 1 aromatic rings. The van der Waals surface area contributed by atoms with Gasteiger partial charge in [-0.1, -0.05) is 12.1 Å². The minimum atomic E-state index is -4.29. The Labute approximate surface area is 110 Å². The second-order valence-corrected chi connectivity index (χ2v) is 6.06. The first-order chi connectivity index (χ1) is 8.87. The number of rotatable bonds is 2. The Bertz CT molecular complexity index is 465. The lowest BCUT2D eigenvalue weighted by Gasteiger charge is -2.32. The molecule has 2 bridgehead atoms. The maximum atomic E-state index is 12.5. The van der Waals surface area contributed by atoms with Crippen molar-refractivity contribution in [1.82, 2.24) is 0 Å². The molecule has 3 unspecified atom stereocenters. The van der Waals surface area contributed by atoms with E-state index in [-0.39, 0.29) is 0 Å². The van der Waals surface area contributed by atoms with Gasteiger partial charge in [0.05, 0.1) is 11.2 Å². The van der Waals surface area contributed by atoms with Crippen molar-refractivity contribution in [2.75, 3.05) is 0 Å². The second-order valence-electron chi connectivity index (χ2n) is 6.06. The highest BCUT2D eigenvalue weighted by atomic mass is 19.4. The van der Waals surface area contributed by atoms with Crippen LogP contribution < -0.4 is 0 Å². The van der Waals surface area contributed by atoms with Gasteiger partial charge in [-0.2, -0.15) is 13.2 Å². The largest absolute Gasteiger partial charge is 0.416 e. The molecule has 1 nitrogen and oxygen atoms in total. The first kappa shape index (κ1) is 13.0. The van der Waals surface area contributed by atoms with Gasteiger partial charge in [0.1, 0.15) is 0 Å². The first-order valence-electron chi connectivity index (χ1n) is 6.75. The lowest BCUT2D eigenvalue weighted by molar-refractivity contribution is -0.137. The topological polar surface area (TPSA) is 20.2 Å². The van der Waals surface area contributed by atoms with Crippen molar-refractivity contribution >= 4 is 0 Å². The molecule has 0 aromatic heterocycles. The zero-order valence-electron chi connectivity index (χ0n) is 10.6. The van der Waals surface area contributed by atoms with Crippen LogP contribution in [0.4, 0.5) is 13.2 Å². The van der Waals surface area contributed by atoms with Gasteiger partial charge in [-0.15, -0.1) is 0 Å². The molecule has 0 aliphatic heterocycles. The normalized spacial score (nSPS) is 33.9. The van der Waals surface area contributed by atoms with E-state index >= 15 is 0 Å². The van der Waals surface area contributed by atoms with Crippen LogP contribution >= 0.6 is 0 Å². The summed E-state index contributed by atoms with van der Waals surface area (Å²) in [6.45, 7) is 0. The molecule has 0 heterocycles. The van der Waals surface area contributed by atoms with Crippen molar-refractivity contribution in [2.45, 2.75) is 43.9 Å². The van der Waals surface area contributed by atoms with Crippen LogP contribution in [0.1, 0.15) is 36.8 Å². The second kappa shape index (κ2) is 4.23. The summed E-state index contributed by atoms with van der Waals surface area (Å²) in [4.78, 5) is 0. The van der Waals surface area contributed by atoms with Crippen molar-refractivity contribution in [3.8, 4) is 0 Å². The number of benzene rings is 1. The smallest absolute Gasteiger partial charge is 0.389 e. The molecule has 2 aliphatic rings. The third-order valence-corrected chi connectivity index (χ3v) is 4.73. The van der Waals surface area contributed by atoms with Crippen LogP contribution in [0.3, 0.4) is 0 Å². The molecule has 0 saturated heterocycles. The van der Waals surface area contributed by atoms with Crippen LogP contribution in [0, 0.1) is 11.8 Å². The van der Waals surface area contributed by atoms with Gasteiger partial charge in [0.15, 0.2) is 0 Å². The Kier molecular flexibility index (Phi) is 2.89. The maximum absolute atomic E-state index is 12.5. The lowest BCUT2D eigenvalue weighted by atomic mass is 9.80. The molecule has 0 amide bonds. The van der Waals surface area contributed by atoms with Gasteiger partial charge in [0.25, 0.3) is 0 Å². The Hall–Kier alpha value is -1.03. The minimum Gasteiger partial charge on any atom is -0.389 e. The average molecular weight is 270 g/mol. The van der Waals surface area contributed by atoms with Gasteiger partial charge in [0.2, 0.25) is 0 Å². The van der Waals surface area contributed by atoms with Gasteiger partial charge in [-0.3, -0.25) is 0 Å². The van der Waals surface area contributed by atoms with Crippen LogP contribution in [-0.2, 0) is 12.6 Å². The number of aliphatic hydroxyl groups is 1. The highest BCUT2D eigenvalue weighted by Gasteiger charge is 2.49. The van der Waals surface area contributed by atoms with Crippen molar-refractivity contribution < 1.29 is 18.3 Å². The van der Waals surface area contributed by atoms with E-state index in [0.29, 0.717) is 18.3 Å². The predicted molar refractivity (Wildman–Crippen MR) is 65.5 cm³/mol. The number of hydrogen-bond donors (Lipinski definition) is 1. The van der Waals surface area contributed by atoms with Gasteiger partial charge in [-0.25, -0.2) is 0 Å². The fourth-order valence-corrected chi connectivity index (χ4v) is 3.80. The highest BCUT2D eigenvalue weighted by Crippen LogP contribution is 2.51. The molecule has 2 fully saturated rings. The number of alkyl halides is 3. The Morgan fingerprint density at radius 1 is 1.16 bits per heavy atom. The minimum absolute atomic E-state index is 0.333. The van der Waals surface area contributed by atoms with Gasteiger partial charge in [-0.05, 0) is 55.2 Å². The van der Waals surface area contributed by atoms with Crippen LogP contribution in [0.2, 0.25) is 0 Å². The SMILES string of the molecule is OC1(Cc2ccc(C(F)(F)F)cc2)CC2CCC1C2. The predicted octanol–water partition coefficient (Wildman–Crippen LogP) is 3.80. The van der Waals surface area contributed by atoms with E-state index in [9.17, 15) is 18.3 Å².